The van der Waals surface area contributed by atoms with E-state index >= 15 is 0 Å². The zero-order chi connectivity index (χ0) is 12.1. The first kappa shape index (κ1) is 14.0. The van der Waals surface area contributed by atoms with E-state index in [1.54, 1.807) is 0 Å². The molecule has 2 nitrogen and oxygen atoms in total. The molecule has 0 aromatic carbocycles. The maximum absolute atomic E-state index is 3.81. The number of nitrogens with zero attached hydrogens (tertiary/aromatic N) is 1. The van der Waals surface area contributed by atoms with E-state index in [9.17, 15) is 0 Å². The predicted molar refractivity (Wildman–Crippen MR) is 71.7 cm³/mol. The molecule has 2 heteroatoms. The standard InChI is InChI=1S/C14H30N2/c1-6-13(16(4)5)10-15-14-11(2)8-7-9-12(14)3/h11-15H,6-10H2,1-5H3. The van der Waals surface area contributed by atoms with Crippen molar-refractivity contribution >= 4 is 0 Å². The van der Waals surface area contributed by atoms with Crippen LogP contribution < -0.4 is 5.32 Å². The van der Waals surface area contributed by atoms with Crippen LogP contribution in [0.3, 0.4) is 0 Å². The molecule has 96 valence electrons. The predicted octanol–water partition coefficient (Wildman–Crippen LogP) is 2.74. The van der Waals surface area contributed by atoms with Crippen molar-refractivity contribution in [3.63, 3.8) is 0 Å². The van der Waals surface area contributed by atoms with Crippen LogP contribution in [0.25, 0.3) is 0 Å². The Morgan fingerprint density at radius 3 is 2.19 bits per heavy atom. The highest BCUT2D eigenvalue weighted by Crippen LogP contribution is 2.28. The normalized spacial score (nSPS) is 33.0. The van der Waals surface area contributed by atoms with Gasteiger partial charge in [0.1, 0.15) is 0 Å². The van der Waals surface area contributed by atoms with Crippen molar-refractivity contribution in [2.75, 3.05) is 20.6 Å². The Labute approximate surface area is 102 Å². The minimum absolute atomic E-state index is 0.682. The van der Waals surface area contributed by atoms with Crippen molar-refractivity contribution in [2.45, 2.75) is 58.5 Å². The van der Waals surface area contributed by atoms with Gasteiger partial charge in [0.15, 0.2) is 0 Å². The number of hydrogen-bond donors (Lipinski definition) is 1. The van der Waals surface area contributed by atoms with Gasteiger partial charge in [0.05, 0.1) is 0 Å². The van der Waals surface area contributed by atoms with E-state index in [1.807, 2.05) is 0 Å². The van der Waals surface area contributed by atoms with E-state index in [-0.39, 0.29) is 0 Å². The zero-order valence-electron chi connectivity index (χ0n) is 11.8. The second kappa shape index (κ2) is 6.61. The number of rotatable bonds is 5. The van der Waals surface area contributed by atoms with Gasteiger partial charge in [-0.1, -0.05) is 27.2 Å². The SMILES string of the molecule is CCC(CNC1C(C)CCCC1C)N(C)C. The van der Waals surface area contributed by atoms with Gasteiger partial charge < -0.3 is 10.2 Å². The van der Waals surface area contributed by atoms with Crippen molar-refractivity contribution in [1.29, 1.82) is 0 Å². The van der Waals surface area contributed by atoms with Crippen molar-refractivity contribution in [1.82, 2.24) is 10.2 Å². The number of hydrogen-bond acceptors (Lipinski definition) is 2. The largest absolute Gasteiger partial charge is 0.312 e. The van der Waals surface area contributed by atoms with Crippen molar-refractivity contribution in [3.8, 4) is 0 Å². The molecule has 0 heterocycles. The van der Waals surface area contributed by atoms with E-state index in [0.29, 0.717) is 6.04 Å². The Kier molecular flexibility index (Phi) is 5.77. The van der Waals surface area contributed by atoms with Gasteiger partial charge in [-0.3, -0.25) is 0 Å². The second-order valence-electron chi connectivity index (χ2n) is 5.85. The summed E-state index contributed by atoms with van der Waals surface area (Å²) in [5.41, 5.74) is 0. The van der Waals surface area contributed by atoms with Gasteiger partial charge >= 0.3 is 0 Å². The molecule has 1 rings (SSSR count). The topological polar surface area (TPSA) is 15.3 Å². The average molecular weight is 226 g/mol. The third-order valence-corrected chi connectivity index (χ3v) is 4.34. The lowest BCUT2D eigenvalue weighted by Gasteiger charge is -2.37. The van der Waals surface area contributed by atoms with Crippen LogP contribution in [-0.4, -0.2) is 37.6 Å². The molecule has 0 aromatic rings. The van der Waals surface area contributed by atoms with Crippen LogP contribution >= 0.6 is 0 Å². The van der Waals surface area contributed by atoms with E-state index in [1.165, 1.54) is 25.7 Å². The minimum Gasteiger partial charge on any atom is -0.312 e. The highest BCUT2D eigenvalue weighted by atomic mass is 15.1. The Morgan fingerprint density at radius 1 is 1.19 bits per heavy atom. The quantitative estimate of drug-likeness (QED) is 0.775. The minimum atomic E-state index is 0.682. The Balaban J connectivity index is 2.39. The van der Waals surface area contributed by atoms with Crippen LogP contribution in [0.5, 0.6) is 0 Å². The molecule has 3 unspecified atom stereocenters. The number of likely N-dealkylation sites (N-methyl/N-ethyl adjacent to an activating group) is 1. The highest BCUT2D eigenvalue weighted by Gasteiger charge is 2.27. The van der Waals surface area contributed by atoms with Crippen molar-refractivity contribution in [2.24, 2.45) is 11.8 Å². The van der Waals surface area contributed by atoms with Crippen LogP contribution in [0, 0.1) is 11.8 Å². The maximum atomic E-state index is 3.81. The molecule has 0 spiro atoms. The monoisotopic (exact) mass is 226 g/mol. The lowest BCUT2D eigenvalue weighted by Crippen LogP contribution is -2.48. The van der Waals surface area contributed by atoms with Gasteiger partial charge in [0.25, 0.3) is 0 Å². The Bertz CT molecular complexity index is 181. The summed E-state index contributed by atoms with van der Waals surface area (Å²) in [4.78, 5) is 2.34. The van der Waals surface area contributed by atoms with Gasteiger partial charge in [-0.25, -0.2) is 0 Å². The molecule has 0 radical (unpaired) electrons. The van der Waals surface area contributed by atoms with Gasteiger partial charge in [-0.05, 0) is 45.2 Å². The van der Waals surface area contributed by atoms with Gasteiger partial charge in [-0.2, -0.15) is 0 Å². The van der Waals surface area contributed by atoms with E-state index in [0.717, 1.165) is 24.4 Å². The lowest BCUT2D eigenvalue weighted by molar-refractivity contribution is 0.186. The summed E-state index contributed by atoms with van der Waals surface area (Å²) in [7, 11) is 4.37. The first-order chi connectivity index (χ1) is 7.56. The average Bonchev–Trinajstić information content (AvgIpc) is 2.22. The molecule has 16 heavy (non-hydrogen) atoms. The van der Waals surface area contributed by atoms with Crippen LogP contribution in [0.1, 0.15) is 46.5 Å². The summed E-state index contributed by atoms with van der Waals surface area (Å²) in [5.74, 6) is 1.70. The van der Waals surface area contributed by atoms with E-state index < -0.39 is 0 Å². The molecule has 1 aliphatic rings. The zero-order valence-corrected chi connectivity index (χ0v) is 11.8. The molecule has 1 fully saturated rings. The molecular formula is C14H30N2. The maximum Gasteiger partial charge on any atom is 0.0212 e. The molecular weight excluding hydrogens is 196 g/mol. The summed E-state index contributed by atoms with van der Waals surface area (Å²) in [6, 6.07) is 1.42. The molecule has 0 bridgehead atoms. The second-order valence-corrected chi connectivity index (χ2v) is 5.85. The number of nitrogens with one attached hydrogen (secondary N) is 1. The highest BCUT2D eigenvalue weighted by molar-refractivity contribution is 4.84. The Hall–Kier alpha value is -0.0800. The summed E-state index contributed by atoms with van der Waals surface area (Å²) >= 11 is 0. The summed E-state index contributed by atoms with van der Waals surface area (Å²) < 4.78 is 0. The first-order valence-electron chi connectivity index (χ1n) is 6.96. The smallest absolute Gasteiger partial charge is 0.0212 e. The third-order valence-electron chi connectivity index (χ3n) is 4.34. The molecule has 1 N–H and O–H groups in total. The molecule has 1 saturated carbocycles. The fourth-order valence-electron chi connectivity index (χ4n) is 3.05. The molecule has 0 aliphatic heterocycles. The van der Waals surface area contributed by atoms with Crippen LogP contribution in [0.2, 0.25) is 0 Å². The first-order valence-corrected chi connectivity index (χ1v) is 6.96. The van der Waals surface area contributed by atoms with Crippen LogP contribution in [0.15, 0.2) is 0 Å². The summed E-state index contributed by atoms with van der Waals surface area (Å²) in [6.45, 7) is 8.23. The molecule has 0 amide bonds. The summed E-state index contributed by atoms with van der Waals surface area (Å²) in [5, 5.41) is 3.81. The molecule has 0 aromatic heterocycles. The third kappa shape index (κ3) is 3.74. The molecule has 1 aliphatic carbocycles. The van der Waals surface area contributed by atoms with Crippen LogP contribution in [-0.2, 0) is 0 Å². The fourth-order valence-corrected chi connectivity index (χ4v) is 3.05. The van der Waals surface area contributed by atoms with E-state index in [4.69, 9.17) is 0 Å². The summed E-state index contributed by atoms with van der Waals surface area (Å²) in [6.07, 6.45) is 5.46. The van der Waals surface area contributed by atoms with Crippen molar-refractivity contribution in [3.05, 3.63) is 0 Å². The van der Waals surface area contributed by atoms with Gasteiger partial charge in [0, 0.05) is 18.6 Å². The molecule has 0 saturated heterocycles. The van der Waals surface area contributed by atoms with Gasteiger partial charge in [-0.15, -0.1) is 0 Å². The fraction of sp³-hybridized carbons (Fsp3) is 1.00. The van der Waals surface area contributed by atoms with Gasteiger partial charge in [0.2, 0.25) is 0 Å². The van der Waals surface area contributed by atoms with Crippen molar-refractivity contribution < 1.29 is 0 Å². The van der Waals surface area contributed by atoms with Crippen LogP contribution in [0.4, 0.5) is 0 Å². The molecule has 3 atom stereocenters. The van der Waals surface area contributed by atoms with E-state index in [2.05, 4.69) is 45.1 Å². The Morgan fingerprint density at radius 2 is 1.75 bits per heavy atom. The lowest BCUT2D eigenvalue weighted by atomic mass is 9.78.